The number of imide groups is 1. The van der Waals surface area contributed by atoms with Crippen LogP contribution in [0.4, 0.5) is 17.1 Å². The number of anilines is 2. The van der Waals surface area contributed by atoms with Crippen LogP contribution in [0, 0.1) is 28.9 Å². The van der Waals surface area contributed by atoms with Crippen LogP contribution in [0.2, 0.25) is 0 Å². The molecule has 4 aliphatic rings. The fraction of sp³-hybridized carbons (Fsp3) is 0.348. The molecule has 0 aliphatic carbocycles. The fourth-order valence-corrected chi connectivity index (χ4v) is 6.45. The number of carbonyl (C=O) groups excluding carboxylic acids is 3. The number of fused-ring (bicyclic) bond motifs is 7. The van der Waals surface area contributed by atoms with Crippen LogP contribution in [-0.2, 0) is 19.9 Å². The maximum Gasteiger partial charge on any atom is 0.274 e. The molecule has 3 saturated heterocycles. The van der Waals surface area contributed by atoms with Crippen LogP contribution in [0.3, 0.4) is 0 Å². The molecule has 0 aromatic heterocycles. The number of carbonyl (C=O) groups is 3. The van der Waals surface area contributed by atoms with E-state index in [1.165, 1.54) is 19.1 Å². The molecule has 32 heavy (non-hydrogen) atoms. The number of nitrogens with one attached hydrogen (secondary N) is 1. The second-order valence-corrected chi connectivity index (χ2v) is 8.86. The topological polar surface area (TPSA) is 113 Å². The van der Waals surface area contributed by atoms with Gasteiger partial charge in [0.25, 0.3) is 5.69 Å². The van der Waals surface area contributed by atoms with Gasteiger partial charge in [-0.15, -0.1) is 0 Å². The molecule has 4 atom stereocenters. The highest BCUT2D eigenvalue weighted by atomic mass is 16.6. The van der Waals surface area contributed by atoms with Crippen molar-refractivity contribution in [1.82, 2.24) is 4.90 Å². The molecule has 9 nitrogen and oxygen atoms in total. The Morgan fingerprint density at radius 1 is 1.09 bits per heavy atom. The first-order valence-corrected chi connectivity index (χ1v) is 10.7. The zero-order chi connectivity index (χ0) is 22.4. The van der Waals surface area contributed by atoms with Crippen molar-refractivity contribution >= 4 is 34.8 Å². The summed E-state index contributed by atoms with van der Waals surface area (Å²) in [6.07, 6.45) is 1.56. The zero-order valence-corrected chi connectivity index (χ0v) is 17.3. The molecule has 4 aliphatic heterocycles. The zero-order valence-electron chi connectivity index (χ0n) is 17.3. The Morgan fingerprint density at radius 2 is 1.88 bits per heavy atom. The number of hydrogen-bond donors (Lipinski definition) is 1. The van der Waals surface area contributed by atoms with Gasteiger partial charge in [-0.25, -0.2) is 4.90 Å². The average Bonchev–Trinajstić information content (AvgIpc) is 3.47. The van der Waals surface area contributed by atoms with E-state index >= 15 is 0 Å². The lowest BCUT2D eigenvalue weighted by molar-refractivity contribution is -0.385. The van der Waals surface area contributed by atoms with Gasteiger partial charge in [-0.05, 0) is 38.4 Å². The minimum Gasteiger partial charge on any atom is -0.324 e. The summed E-state index contributed by atoms with van der Waals surface area (Å²) in [5.41, 5.74) is 0.472. The molecule has 9 heteroatoms. The lowest BCUT2D eigenvalue weighted by Crippen LogP contribution is -2.54. The quantitative estimate of drug-likeness (QED) is 0.443. The van der Waals surface area contributed by atoms with Crippen molar-refractivity contribution in [3.63, 3.8) is 0 Å². The van der Waals surface area contributed by atoms with Gasteiger partial charge in [0.2, 0.25) is 17.7 Å². The van der Waals surface area contributed by atoms with Crippen molar-refractivity contribution < 1.29 is 19.3 Å². The van der Waals surface area contributed by atoms with Crippen molar-refractivity contribution in [1.29, 1.82) is 0 Å². The second-order valence-electron chi connectivity index (χ2n) is 8.86. The third-order valence-electron chi connectivity index (χ3n) is 7.61. The van der Waals surface area contributed by atoms with E-state index in [-0.39, 0.29) is 34.8 Å². The number of para-hydroxylation sites is 1. The summed E-state index contributed by atoms with van der Waals surface area (Å²) >= 11 is 0. The van der Waals surface area contributed by atoms with Gasteiger partial charge in [-0.1, -0.05) is 24.3 Å². The van der Waals surface area contributed by atoms with E-state index in [4.69, 9.17) is 0 Å². The predicted molar refractivity (Wildman–Crippen MR) is 114 cm³/mol. The Kier molecular flexibility index (Phi) is 3.72. The van der Waals surface area contributed by atoms with E-state index in [1.807, 2.05) is 24.3 Å². The van der Waals surface area contributed by atoms with Gasteiger partial charge in [0.05, 0.1) is 28.0 Å². The molecule has 3 fully saturated rings. The molecule has 1 N–H and O–H groups in total. The van der Waals surface area contributed by atoms with Gasteiger partial charge in [-0.2, -0.15) is 0 Å². The minimum absolute atomic E-state index is 0.152. The number of amides is 3. The second kappa shape index (κ2) is 6.23. The van der Waals surface area contributed by atoms with Crippen molar-refractivity contribution in [2.45, 2.75) is 31.3 Å². The van der Waals surface area contributed by atoms with E-state index in [2.05, 4.69) is 10.2 Å². The molecular weight excluding hydrogens is 412 g/mol. The molecule has 4 heterocycles. The van der Waals surface area contributed by atoms with Gasteiger partial charge >= 0.3 is 0 Å². The molecule has 3 amide bonds. The summed E-state index contributed by atoms with van der Waals surface area (Å²) in [5.74, 6) is -2.67. The Hall–Kier alpha value is -3.59. The van der Waals surface area contributed by atoms with Crippen LogP contribution in [0.15, 0.2) is 42.5 Å². The Labute approximate surface area is 183 Å². The monoisotopic (exact) mass is 432 g/mol. The van der Waals surface area contributed by atoms with Crippen LogP contribution >= 0.6 is 0 Å². The highest BCUT2D eigenvalue weighted by Crippen LogP contribution is 2.60. The first-order chi connectivity index (χ1) is 15.4. The summed E-state index contributed by atoms with van der Waals surface area (Å²) < 4.78 is 0. The number of hydrogen-bond acceptors (Lipinski definition) is 6. The largest absolute Gasteiger partial charge is 0.324 e. The average molecular weight is 432 g/mol. The van der Waals surface area contributed by atoms with Crippen molar-refractivity contribution in [3.05, 3.63) is 63.7 Å². The minimum atomic E-state index is -1.24. The first kappa shape index (κ1) is 19.1. The molecule has 6 rings (SSSR count). The molecule has 0 bridgehead atoms. The summed E-state index contributed by atoms with van der Waals surface area (Å²) in [5, 5.41) is 14.4. The summed E-state index contributed by atoms with van der Waals surface area (Å²) in [6, 6.07) is 11.5. The van der Waals surface area contributed by atoms with Crippen LogP contribution in [0.25, 0.3) is 0 Å². The molecule has 162 valence electrons. The maximum atomic E-state index is 13.9. The number of rotatable bonds is 2. The molecule has 1 spiro atoms. The summed E-state index contributed by atoms with van der Waals surface area (Å²) in [4.78, 5) is 55.2. The Morgan fingerprint density at radius 3 is 2.66 bits per heavy atom. The van der Waals surface area contributed by atoms with Crippen molar-refractivity contribution in [2.24, 2.45) is 11.8 Å². The van der Waals surface area contributed by atoms with Crippen LogP contribution < -0.4 is 10.2 Å². The molecular formula is C23H20N4O5. The van der Waals surface area contributed by atoms with E-state index in [1.54, 1.807) is 6.07 Å². The number of nitro benzene ring substituents is 1. The van der Waals surface area contributed by atoms with E-state index in [0.717, 1.165) is 23.3 Å². The van der Waals surface area contributed by atoms with Gasteiger partial charge in [0.1, 0.15) is 5.54 Å². The highest BCUT2D eigenvalue weighted by Gasteiger charge is 2.74. The third kappa shape index (κ3) is 2.04. The maximum absolute atomic E-state index is 13.9. The SMILES string of the molecule is Cc1c(N2C(=O)[C@@H]3[C@@H]4CCCN4[C@]4(C(=O)Nc5ccccc54)[C@H]3C2=O)cccc1[N+](=O)[O-]. The normalized spacial score (nSPS) is 30.6. The number of nitro groups is 1. The van der Waals surface area contributed by atoms with Crippen molar-refractivity contribution in [3.8, 4) is 0 Å². The van der Waals surface area contributed by atoms with E-state index in [9.17, 15) is 24.5 Å². The van der Waals surface area contributed by atoms with Gasteiger partial charge in [0, 0.05) is 23.4 Å². The van der Waals surface area contributed by atoms with E-state index in [0.29, 0.717) is 12.2 Å². The van der Waals surface area contributed by atoms with E-state index < -0.39 is 28.2 Å². The fourth-order valence-electron chi connectivity index (χ4n) is 6.45. The Bertz CT molecular complexity index is 1240. The van der Waals surface area contributed by atoms with Gasteiger partial charge in [-0.3, -0.25) is 29.4 Å². The summed E-state index contributed by atoms with van der Waals surface area (Å²) in [6.45, 7) is 2.17. The molecule has 2 aromatic rings. The smallest absolute Gasteiger partial charge is 0.274 e. The lowest BCUT2D eigenvalue weighted by atomic mass is 9.75. The highest BCUT2D eigenvalue weighted by molar-refractivity contribution is 6.26. The van der Waals surface area contributed by atoms with Crippen LogP contribution in [0.1, 0.15) is 24.0 Å². The molecule has 2 aromatic carbocycles. The Balaban J connectivity index is 1.55. The van der Waals surface area contributed by atoms with Gasteiger partial charge < -0.3 is 5.32 Å². The molecule has 0 saturated carbocycles. The van der Waals surface area contributed by atoms with Crippen molar-refractivity contribution in [2.75, 3.05) is 16.8 Å². The molecule has 0 unspecified atom stereocenters. The third-order valence-corrected chi connectivity index (χ3v) is 7.61. The number of benzene rings is 2. The predicted octanol–water partition coefficient (Wildman–Crippen LogP) is 2.33. The molecule has 0 radical (unpaired) electrons. The standard InChI is InChI=1S/C23H20N4O5/c1-12-15(8-4-9-16(12)27(31)32)26-20(28)18-17-10-5-11-25(17)23(19(18)21(26)29)13-6-2-3-7-14(13)24-22(23)30/h2-4,6-9,17-19H,5,10-11H2,1H3,(H,24,30)/t17-,18+,19+,23-/m0/s1. The summed E-state index contributed by atoms with van der Waals surface area (Å²) in [7, 11) is 0. The van der Waals surface area contributed by atoms with Crippen LogP contribution in [0.5, 0.6) is 0 Å². The lowest BCUT2D eigenvalue weighted by Gasteiger charge is -2.36. The van der Waals surface area contributed by atoms with Gasteiger partial charge in [0.15, 0.2) is 0 Å². The van der Waals surface area contributed by atoms with Crippen LogP contribution in [-0.4, -0.2) is 40.1 Å². The first-order valence-electron chi connectivity index (χ1n) is 10.7. The number of nitrogens with zero attached hydrogens (tertiary/aromatic N) is 3.